The predicted molar refractivity (Wildman–Crippen MR) is 84.4 cm³/mol. The van der Waals surface area contributed by atoms with E-state index in [-0.39, 0.29) is 24.1 Å². The Kier molecular flexibility index (Phi) is 7.15. The minimum atomic E-state index is -3.55. The van der Waals surface area contributed by atoms with Gasteiger partial charge in [-0.1, -0.05) is 41.9 Å². The molecule has 0 spiro atoms. The Hall–Kier alpha value is -0.430. The fourth-order valence-electron chi connectivity index (χ4n) is 2.18. The van der Waals surface area contributed by atoms with Crippen LogP contribution in [-0.4, -0.2) is 37.0 Å². The van der Waals surface area contributed by atoms with Gasteiger partial charge in [-0.2, -0.15) is 4.31 Å². The van der Waals surface area contributed by atoms with Gasteiger partial charge in [0.25, 0.3) is 0 Å². The Morgan fingerprint density at radius 2 is 1.75 bits per heavy atom. The maximum absolute atomic E-state index is 12.7. The van der Waals surface area contributed by atoms with Gasteiger partial charge in [0.2, 0.25) is 10.0 Å². The molecule has 0 aliphatic heterocycles. The van der Waals surface area contributed by atoms with Gasteiger partial charge >= 0.3 is 0 Å². The monoisotopic (exact) mass is 363 g/mol. The van der Waals surface area contributed by atoms with Crippen LogP contribution in [0.5, 0.6) is 0 Å². The number of aliphatic hydroxyl groups is 1. The molecular formula is C14H22BrNO3S. The van der Waals surface area contributed by atoms with Gasteiger partial charge < -0.3 is 5.11 Å². The molecule has 20 heavy (non-hydrogen) atoms. The molecule has 0 aliphatic carbocycles. The summed E-state index contributed by atoms with van der Waals surface area (Å²) < 4.78 is 26.8. The fourth-order valence-corrected chi connectivity index (χ4v) is 4.32. The van der Waals surface area contributed by atoms with E-state index >= 15 is 0 Å². The highest BCUT2D eigenvalue weighted by atomic mass is 79.9. The number of alkyl halides is 1. The van der Waals surface area contributed by atoms with E-state index in [0.717, 1.165) is 18.4 Å². The average Bonchev–Trinajstić information content (AvgIpc) is 2.47. The minimum Gasteiger partial charge on any atom is -0.395 e. The standard InChI is InChI=1S/C14H22BrNO3S/c1-3-13(4-2)16(9-10-17)20(18,19)14-7-5-12(11-15)6-8-14/h5-8,13,17H,3-4,9-11H2,1-2H3. The summed E-state index contributed by atoms with van der Waals surface area (Å²) in [5.41, 5.74) is 1.03. The molecule has 0 amide bonds. The van der Waals surface area contributed by atoms with Crippen molar-refractivity contribution in [3.63, 3.8) is 0 Å². The number of aliphatic hydroxyl groups excluding tert-OH is 1. The zero-order valence-corrected chi connectivity index (χ0v) is 14.3. The van der Waals surface area contributed by atoms with Crippen molar-refractivity contribution in [3.8, 4) is 0 Å². The Labute approximate surface area is 130 Å². The molecule has 0 heterocycles. The molecule has 1 rings (SSSR count). The quantitative estimate of drug-likeness (QED) is 0.722. The summed E-state index contributed by atoms with van der Waals surface area (Å²) in [5.74, 6) is 0. The predicted octanol–water partition coefficient (Wildman–Crippen LogP) is 2.75. The van der Waals surface area contributed by atoms with Crippen molar-refractivity contribution < 1.29 is 13.5 Å². The highest BCUT2D eigenvalue weighted by Gasteiger charge is 2.29. The largest absolute Gasteiger partial charge is 0.395 e. The third-order valence-electron chi connectivity index (χ3n) is 3.35. The number of nitrogens with zero attached hydrogens (tertiary/aromatic N) is 1. The van der Waals surface area contributed by atoms with Gasteiger partial charge in [0.15, 0.2) is 0 Å². The van der Waals surface area contributed by atoms with Crippen LogP contribution in [0.15, 0.2) is 29.2 Å². The van der Waals surface area contributed by atoms with Crippen LogP contribution in [0.25, 0.3) is 0 Å². The first-order chi connectivity index (χ1) is 9.51. The van der Waals surface area contributed by atoms with Crippen molar-refractivity contribution >= 4 is 26.0 Å². The number of halogens is 1. The van der Waals surface area contributed by atoms with Crippen LogP contribution < -0.4 is 0 Å². The molecule has 6 heteroatoms. The lowest BCUT2D eigenvalue weighted by Gasteiger charge is -2.29. The molecule has 0 unspecified atom stereocenters. The average molecular weight is 364 g/mol. The minimum absolute atomic E-state index is 0.0806. The second-order valence-corrected chi connectivity index (χ2v) is 7.04. The van der Waals surface area contributed by atoms with E-state index < -0.39 is 10.0 Å². The lowest BCUT2D eigenvalue weighted by molar-refractivity contribution is 0.219. The number of hydrogen-bond donors (Lipinski definition) is 1. The zero-order chi connectivity index (χ0) is 15.2. The normalized spacial score (nSPS) is 12.3. The molecule has 0 aromatic heterocycles. The molecule has 0 fully saturated rings. The van der Waals surface area contributed by atoms with Crippen molar-refractivity contribution in [2.45, 2.75) is 43.0 Å². The summed E-state index contributed by atoms with van der Waals surface area (Å²) in [6.45, 7) is 3.88. The van der Waals surface area contributed by atoms with Gasteiger partial charge in [0.1, 0.15) is 0 Å². The molecule has 0 radical (unpaired) electrons. The van der Waals surface area contributed by atoms with Crippen LogP contribution in [0, 0.1) is 0 Å². The lowest BCUT2D eigenvalue weighted by atomic mass is 10.2. The second-order valence-electron chi connectivity index (χ2n) is 4.59. The Balaban J connectivity index is 3.14. The van der Waals surface area contributed by atoms with Crippen LogP contribution in [0.4, 0.5) is 0 Å². The molecule has 0 atom stereocenters. The maximum atomic E-state index is 12.7. The maximum Gasteiger partial charge on any atom is 0.243 e. The number of sulfonamides is 1. The van der Waals surface area contributed by atoms with E-state index in [1.54, 1.807) is 24.3 Å². The first-order valence-electron chi connectivity index (χ1n) is 6.78. The van der Waals surface area contributed by atoms with Gasteiger partial charge in [-0.15, -0.1) is 0 Å². The van der Waals surface area contributed by atoms with E-state index in [1.165, 1.54) is 4.31 Å². The number of rotatable bonds is 8. The molecule has 0 bridgehead atoms. The van der Waals surface area contributed by atoms with E-state index in [0.29, 0.717) is 5.33 Å². The molecule has 0 saturated carbocycles. The lowest BCUT2D eigenvalue weighted by Crippen LogP contribution is -2.41. The van der Waals surface area contributed by atoms with Crippen LogP contribution >= 0.6 is 15.9 Å². The number of hydrogen-bond acceptors (Lipinski definition) is 3. The Morgan fingerprint density at radius 3 is 2.15 bits per heavy atom. The van der Waals surface area contributed by atoms with Crippen molar-refractivity contribution in [1.82, 2.24) is 4.31 Å². The van der Waals surface area contributed by atoms with E-state index in [9.17, 15) is 8.42 Å². The topological polar surface area (TPSA) is 57.6 Å². The van der Waals surface area contributed by atoms with Crippen LogP contribution in [0.2, 0.25) is 0 Å². The molecule has 0 saturated heterocycles. The summed E-state index contributed by atoms with van der Waals surface area (Å²) in [6, 6.07) is 6.76. The van der Waals surface area contributed by atoms with Crippen molar-refractivity contribution in [2.24, 2.45) is 0 Å². The molecule has 0 aliphatic rings. The molecule has 1 aromatic rings. The van der Waals surface area contributed by atoms with Crippen molar-refractivity contribution in [3.05, 3.63) is 29.8 Å². The van der Waals surface area contributed by atoms with E-state index in [4.69, 9.17) is 5.11 Å². The summed E-state index contributed by atoms with van der Waals surface area (Å²) in [7, 11) is -3.55. The molecule has 114 valence electrons. The highest BCUT2D eigenvalue weighted by molar-refractivity contribution is 9.08. The molecule has 4 nitrogen and oxygen atoms in total. The van der Waals surface area contributed by atoms with E-state index in [2.05, 4.69) is 15.9 Å². The molecular weight excluding hydrogens is 342 g/mol. The smallest absolute Gasteiger partial charge is 0.243 e. The zero-order valence-electron chi connectivity index (χ0n) is 11.9. The van der Waals surface area contributed by atoms with Gasteiger partial charge in [-0.25, -0.2) is 8.42 Å². The summed E-state index contributed by atoms with van der Waals surface area (Å²) >= 11 is 3.34. The van der Waals surface area contributed by atoms with Crippen molar-refractivity contribution in [2.75, 3.05) is 13.2 Å². The van der Waals surface area contributed by atoms with Crippen LogP contribution in [0.3, 0.4) is 0 Å². The van der Waals surface area contributed by atoms with Gasteiger partial charge in [-0.05, 0) is 30.5 Å². The van der Waals surface area contributed by atoms with E-state index in [1.807, 2.05) is 13.8 Å². The third kappa shape index (κ3) is 4.04. The summed E-state index contributed by atoms with van der Waals surface area (Å²) in [6.07, 6.45) is 1.46. The Morgan fingerprint density at radius 1 is 1.20 bits per heavy atom. The first kappa shape index (κ1) is 17.6. The fraction of sp³-hybridized carbons (Fsp3) is 0.571. The Bertz CT molecular complexity index is 498. The third-order valence-corrected chi connectivity index (χ3v) is 5.97. The van der Waals surface area contributed by atoms with Gasteiger partial charge in [0, 0.05) is 17.9 Å². The molecule has 1 aromatic carbocycles. The summed E-state index contributed by atoms with van der Waals surface area (Å²) in [5, 5.41) is 9.85. The van der Waals surface area contributed by atoms with Crippen LogP contribution in [0.1, 0.15) is 32.3 Å². The number of benzene rings is 1. The molecule has 1 N–H and O–H groups in total. The van der Waals surface area contributed by atoms with Crippen molar-refractivity contribution in [1.29, 1.82) is 0 Å². The van der Waals surface area contributed by atoms with Gasteiger partial charge in [-0.3, -0.25) is 0 Å². The second kappa shape index (κ2) is 8.12. The van der Waals surface area contributed by atoms with Gasteiger partial charge in [0.05, 0.1) is 11.5 Å². The summed E-state index contributed by atoms with van der Waals surface area (Å²) in [4.78, 5) is 0.280. The highest BCUT2D eigenvalue weighted by Crippen LogP contribution is 2.22. The van der Waals surface area contributed by atoms with Crippen LogP contribution in [-0.2, 0) is 15.4 Å². The first-order valence-corrected chi connectivity index (χ1v) is 9.35. The SMILES string of the molecule is CCC(CC)N(CCO)S(=O)(=O)c1ccc(CBr)cc1.